The molecule has 0 saturated carbocycles. The fourth-order valence-electron chi connectivity index (χ4n) is 6.30. The van der Waals surface area contributed by atoms with Gasteiger partial charge < -0.3 is 4.74 Å². The summed E-state index contributed by atoms with van der Waals surface area (Å²) in [5.74, 6) is 2.56. The third-order valence-corrected chi connectivity index (χ3v) is 8.54. The molecule has 0 N–H and O–H groups in total. The maximum Gasteiger partial charge on any atom is 0.160 e. The largest absolute Gasteiger partial charge is 0.457 e. The smallest absolute Gasteiger partial charge is 0.160 e. The van der Waals surface area contributed by atoms with Gasteiger partial charge in [-0.3, -0.25) is 0 Å². The first-order valence-corrected chi connectivity index (χ1v) is 14.3. The van der Waals surface area contributed by atoms with Gasteiger partial charge in [-0.25, -0.2) is 9.97 Å². The molecule has 0 radical (unpaired) electrons. The van der Waals surface area contributed by atoms with Gasteiger partial charge in [0.15, 0.2) is 5.82 Å². The first kappa shape index (κ1) is 24.5. The summed E-state index contributed by atoms with van der Waals surface area (Å²) in [5.41, 5.74) is 8.45. The van der Waals surface area contributed by atoms with Gasteiger partial charge in [0.05, 0.1) is 11.2 Å². The van der Waals surface area contributed by atoms with Crippen LogP contribution < -0.4 is 4.74 Å². The molecule has 0 saturated heterocycles. The van der Waals surface area contributed by atoms with E-state index in [1.54, 1.807) is 0 Å². The van der Waals surface area contributed by atoms with Crippen molar-refractivity contribution in [3.63, 3.8) is 0 Å². The van der Waals surface area contributed by atoms with Crippen molar-refractivity contribution < 1.29 is 4.74 Å². The van der Waals surface area contributed by atoms with Crippen LogP contribution in [-0.4, -0.2) is 9.97 Å². The second kappa shape index (κ2) is 9.39. The topological polar surface area (TPSA) is 35.0 Å². The maximum atomic E-state index is 6.30. The first-order valence-electron chi connectivity index (χ1n) is 14.3. The SMILES string of the molecule is CC1(C)c2ccccc2Oc2ccc(-c3cccc(-c4nc(-c5cccc6ccccc56)c5ccccc5n4)c3)cc21. The molecular weight excluding hydrogens is 512 g/mol. The zero-order chi connectivity index (χ0) is 28.3. The molecule has 0 aliphatic carbocycles. The molecule has 42 heavy (non-hydrogen) atoms. The summed E-state index contributed by atoms with van der Waals surface area (Å²) in [4.78, 5) is 10.2. The van der Waals surface area contributed by atoms with Crippen LogP contribution in [0.4, 0.5) is 0 Å². The Labute approximate surface area is 245 Å². The highest BCUT2D eigenvalue weighted by Gasteiger charge is 2.34. The Balaban J connectivity index is 1.26. The average Bonchev–Trinajstić information content (AvgIpc) is 3.04. The van der Waals surface area contributed by atoms with E-state index in [1.807, 2.05) is 18.2 Å². The van der Waals surface area contributed by atoms with E-state index in [0.717, 1.165) is 50.3 Å². The second-order valence-electron chi connectivity index (χ2n) is 11.5. The molecule has 8 rings (SSSR count). The van der Waals surface area contributed by atoms with Crippen LogP contribution in [0.3, 0.4) is 0 Å². The average molecular weight is 541 g/mol. The summed E-state index contributed by atoms with van der Waals surface area (Å²) in [6.45, 7) is 4.54. The molecule has 1 aromatic heterocycles. The third-order valence-electron chi connectivity index (χ3n) is 8.54. The van der Waals surface area contributed by atoms with Crippen molar-refractivity contribution in [1.29, 1.82) is 0 Å². The van der Waals surface area contributed by atoms with Gasteiger partial charge in [0, 0.05) is 33.1 Å². The normalized spacial score (nSPS) is 13.4. The fourth-order valence-corrected chi connectivity index (χ4v) is 6.30. The minimum atomic E-state index is -0.174. The lowest BCUT2D eigenvalue weighted by atomic mass is 9.75. The van der Waals surface area contributed by atoms with E-state index in [9.17, 15) is 0 Å². The van der Waals surface area contributed by atoms with E-state index in [1.165, 1.54) is 21.9 Å². The summed E-state index contributed by atoms with van der Waals surface area (Å²) in [5, 5.41) is 3.43. The van der Waals surface area contributed by atoms with Crippen LogP contribution in [0, 0.1) is 0 Å². The standard InChI is InChI=1S/C39H28N2O/c1-39(2)32-18-6-8-20-35(32)42-36-22-21-27(24-33(36)39)26-13-9-14-28(23-26)38-40-34-19-7-5-16-31(34)37(41-38)30-17-10-12-25-11-3-4-15-29(25)30/h3-24H,1-2H3. The Bertz CT molecular complexity index is 2160. The van der Waals surface area contributed by atoms with Crippen molar-refractivity contribution in [2.24, 2.45) is 0 Å². The fraction of sp³-hybridized carbons (Fsp3) is 0.0769. The summed E-state index contributed by atoms with van der Waals surface area (Å²) >= 11 is 0. The lowest BCUT2D eigenvalue weighted by Gasteiger charge is -2.34. The van der Waals surface area contributed by atoms with Crippen molar-refractivity contribution in [2.75, 3.05) is 0 Å². The van der Waals surface area contributed by atoms with Gasteiger partial charge in [-0.05, 0) is 52.2 Å². The summed E-state index contributed by atoms with van der Waals surface area (Å²) < 4.78 is 6.30. The molecule has 1 aliphatic heterocycles. The van der Waals surface area contributed by atoms with Crippen LogP contribution in [0.2, 0.25) is 0 Å². The highest BCUT2D eigenvalue weighted by Crippen LogP contribution is 2.48. The van der Waals surface area contributed by atoms with Crippen LogP contribution in [0.15, 0.2) is 133 Å². The Morgan fingerprint density at radius 2 is 1.21 bits per heavy atom. The lowest BCUT2D eigenvalue weighted by Crippen LogP contribution is -2.24. The first-order chi connectivity index (χ1) is 20.6. The number of hydrogen-bond donors (Lipinski definition) is 0. The molecule has 0 atom stereocenters. The van der Waals surface area contributed by atoms with Gasteiger partial charge in [0.2, 0.25) is 0 Å². The number of ether oxygens (including phenoxy) is 1. The number of rotatable bonds is 3. The zero-order valence-electron chi connectivity index (χ0n) is 23.5. The van der Waals surface area contributed by atoms with E-state index < -0.39 is 0 Å². The number of aromatic nitrogens is 2. The van der Waals surface area contributed by atoms with E-state index in [-0.39, 0.29) is 5.41 Å². The van der Waals surface area contributed by atoms with Crippen LogP contribution in [-0.2, 0) is 5.41 Å². The minimum Gasteiger partial charge on any atom is -0.457 e. The molecule has 0 fully saturated rings. The Morgan fingerprint density at radius 3 is 2.14 bits per heavy atom. The van der Waals surface area contributed by atoms with Crippen molar-refractivity contribution in [3.05, 3.63) is 145 Å². The summed E-state index contributed by atoms with van der Waals surface area (Å²) in [6, 6.07) is 46.6. The van der Waals surface area contributed by atoms with Crippen molar-refractivity contribution in [2.45, 2.75) is 19.3 Å². The van der Waals surface area contributed by atoms with E-state index in [2.05, 4.69) is 129 Å². The van der Waals surface area contributed by atoms with Crippen molar-refractivity contribution >= 4 is 21.7 Å². The maximum absolute atomic E-state index is 6.30. The number of para-hydroxylation sites is 2. The van der Waals surface area contributed by atoms with Gasteiger partial charge in [-0.1, -0.05) is 117 Å². The van der Waals surface area contributed by atoms with Crippen LogP contribution in [0.5, 0.6) is 11.5 Å². The molecule has 0 bridgehead atoms. The Kier molecular flexibility index (Phi) is 5.48. The van der Waals surface area contributed by atoms with E-state index in [4.69, 9.17) is 14.7 Å². The molecule has 0 amide bonds. The number of benzene rings is 6. The number of fused-ring (bicyclic) bond motifs is 4. The Morgan fingerprint density at radius 1 is 0.524 bits per heavy atom. The predicted octanol–water partition coefficient (Wildman–Crippen LogP) is 10.2. The van der Waals surface area contributed by atoms with Gasteiger partial charge in [-0.2, -0.15) is 0 Å². The summed E-state index contributed by atoms with van der Waals surface area (Å²) in [6.07, 6.45) is 0. The molecule has 6 aromatic carbocycles. The number of nitrogens with zero attached hydrogens (tertiary/aromatic N) is 2. The van der Waals surface area contributed by atoms with Crippen LogP contribution in [0.1, 0.15) is 25.0 Å². The quantitative estimate of drug-likeness (QED) is 0.224. The third kappa shape index (κ3) is 3.89. The van der Waals surface area contributed by atoms with Gasteiger partial charge >= 0.3 is 0 Å². The van der Waals surface area contributed by atoms with Gasteiger partial charge in [-0.15, -0.1) is 0 Å². The molecule has 200 valence electrons. The minimum absolute atomic E-state index is 0.174. The molecular formula is C39H28N2O. The van der Waals surface area contributed by atoms with E-state index >= 15 is 0 Å². The second-order valence-corrected chi connectivity index (χ2v) is 11.5. The van der Waals surface area contributed by atoms with E-state index in [0.29, 0.717) is 5.82 Å². The predicted molar refractivity (Wildman–Crippen MR) is 172 cm³/mol. The van der Waals surface area contributed by atoms with Gasteiger partial charge in [0.1, 0.15) is 11.5 Å². The molecule has 1 aliphatic rings. The molecule has 2 heterocycles. The number of hydrogen-bond acceptors (Lipinski definition) is 3. The highest BCUT2D eigenvalue weighted by molar-refractivity contribution is 6.03. The highest BCUT2D eigenvalue weighted by atomic mass is 16.5. The van der Waals surface area contributed by atoms with Crippen LogP contribution in [0.25, 0.3) is 55.4 Å². The molecule has 0 unspecified atom stereocenters. The van der Waals surface area contributed by atoms with Crippen molar-refractivity contribution in [3.8, 4) is 45.3 Å². The monoisotopic (exact) mass is 540 g/mol. The van der Waals surface area contributed by atoms with Crippen molar-refractivity contribution in [1.82, 2.24) is 9.97 Å². The summed E-state index contributed by atoms with van der Waals surface area (Å²) in [7, 11) is 0. The lowest BCUT2D eigenvalue weighted by molar-refractivity contribution is 0.418. The van der Waals surface area contributed by atoms with Crippen LogP contribution >= 0.6 is 0 Å². The van der Waals surface area contributed by atoms with Gasteiger partial charge in [0.25, 0.3) is 0 Å². The molecule has 3 nitrogen and oxygen atoms in total. The molecule has 7 aromatic rings. The Hall–Kier alpha value is -5.28. The zero-order valence-corrected chi connectivity index (χ0v) is 23.5. The molecule has 0 spiro atoms. The molecule has 3 heteroatoms.